The smallest absolute Gasteiger partial charge is 0.372 e. The molecule has 0 radical (unpaired) electrons. The van der Waals surface area contributed by atoms with Crippen LogP contribution in [0.25, 0.3) is 0 Å². The lowest BCUT2D eigenvalue weighted by molar-refractivity contribution is -0.196. The summed E-state index contributed by atoms with van der Waals surface area (Å²) in [7, 11) is 0. The molecule has 2 N–H and O–H groups in total. The van der Waals surface area contributed by atoms with Gasteiger partial charge >= 0.3 is 5.97 Å². The van der Waals surface area contributed by atoms with Gasteiger partial charge in [-0.1, -0.05) is 18.6 Å². The van der Waals surface area contributed by atoms with Crippen molar-refractivity contribution in [2.75, 3.05) is 0 Å². The highest BCUT2D eigenvalue weighted by Crippen LogP contribution is 2.68. The number of halogens is 1. The Labute approximate surface area is 157 Å². The Morgan fingerprint density at radius 1 is 1.19 bits per heavy atom. The van der Waals surface area contributed by atoms with Crippen LogP contribution >= 0.6 is 0 Å². The molecule has 146 valence electrons. The number of alkyl halides is 1. The van der Waals surface area contributed by atoms with Gasteiger partial charge in [-0.05, 0) is 62.5 Å². The molecular weight excluding hydrogens is 351 g/mol. The van der Waals surface area contributed by atoms with E-state index in [1.165, 1.54) is 12.2 Å². The van der Waals surface area contributed by atoms with Crippen LogP contribution in [0, 0.1) is 28.6 Å². The van der Waals surface area contributed by atoms with E-state index >= 15 is 4.39 Å². The standard InChI is InChI=1S/C21H25FO5/c1-19-10-16(24)21(22)14(13(19)5-6-15(19)17(25)18(26)27)4-3-11-9-12(23)7-8-20(11,21)2/h7-9,13-16,24H,3-6,10H2,1-2H3,(H,26,27)/t13-,14-,15+,16-,19-,20-,21-/m0/s1. The minimum Gasteiger partial charge on any atom is -0.475 e. The van der Waals surface area contributed by atoms with Crippen LogP contribution in [0.1, 0.15) is 46.0 Å². The summed E-state index contributed by atoms with van der Waals surface area (Å²) in [6.07, 6.45) is 5.25. The van der Waals surface area contributed by atoms with Crippen molar-refractivity contribution >= 4 is 17.5 Å². The summed E-state index contributed by atoms with van der Waals surface area (Å²) >= 11 is 0. The number of carbonyl (C=O) groups excluding carboxylic acids is 2. The fourth-order valence-electron chi connectivity index (χ4n) is 6.79. The lowest BCUT2D eigenvalue weighted by Crippen LogP contribution is -2.66. The molecule has 6 heteroatoms. The van der Waals surface area contributed by atoms with Gasteiger partial charge in [-0.15, -0.1) is 0 Å². The van der Waals surface area contributed by atoms with Crippen LogP contribution in [-0.2, 0) is 14.4 Å². The molecule has 0 aromatic carbocycles. The molecule has 3 fully saturated rings. The van der Waals surface area contributed by atoms with Gasteiger partial charge in [0, 0.05) is 17.3 Å². The van der Waals surface area contributed by atoms with E-state index in [-0.39, 0.29) is 18.1 Å². The SMILES string of the molecule is C[C@]12C[C@H](O)[C@@]3(F)[C@@H](CCC4=CC(=O)C=C[C@@]43C)[C@@H]1CC[C@@H]2C(=O)C(=O)O. The molecule has 0 unspecified atom stereocenters. The number of carboxylic acid groups (broad SMARTS) is 1. The maximum atomic E-state index is 16.7. The number of ketones is 2. The van der Waals surface area contributed by atoms with Gasteiger partial charge in [-0.2, -0.15) is 0 Å². The predicted molar refractivity (Wildman–Crippen MR) is 94.5 cm³/mol. The summed E-state index contributed by atoms with van der Waals surface area (Å²) in [5.41, 5.74) is -2.99. The number of fused-ring (bicyclic) bond motifs is 5. The Kier molecular flexibility index (Phi) is 3.84. The number of hydrogen-bond donors (Lipinski definition) is 2. The molecule has 0 aromatic rings. The number of carboxylic acids is 1. The van der Waals surface area contributed by atoms with Gasteiger partial charge < -0.3 is 10.2 Å². The van der Waals surface area contributed by atoms with Crippen LogP contribution < -0.4 is 0 Å². The molecule has 3 saturated carbocycles. The third kappa shape index (κ3) is 2.16. The number of carbonyl (C=O) groups is 3. The second kappa shape index (κ2) is 5.60. The van der Waals surface area contributed by atoms with E-state index in [2.05, 4.69) is 0 Å². The molecule has 4 aliphatic rings. The van der Waals surface area contributed by atoms with Crippen LogP contribution in [0.2, 0.25) is 0 Å². The second-order valence-corrected chi connectivity index (χ2v) is 9.15. The topological polar surface area (TPSA) is 91.7 Å². The summed E-state index contributed by atoms with van der Waals surface area (Å²) in [6.45, 7) is 3.58. The van der Waals surface area contributed by atoms with E-state index in [4.69, 9.17) is 0 Å². The van der Waals surface area contributed by atoms with E-state index in [1.54, 1.807) is 13.0 Å². The number of aliphatic hydroxyl groups is 1. The number of hydrogen-bond acceptors (Lipinski definition) is 4. The number of aliphatic carboxylic acids is 1. The Morgan fingerprint density at radius 2 is 1.89 bits per heavy atom. The molecule has 4 aliphatic carbocycles. The molecule has 7 atom stereocenters. The first kappa shape index (κ1) is 18.5. The highest BCUT2D eigenvalue weighted by molar-refractivity contribution is 6.33. The van der Waals surface area contributed by atoms with Gasteiger partial charge in [-0.25, -0.2) is 9.18 Å². The molecule has 0 amide bonds. The predicted octanol–water partition coefficient (Wildman–Crippen LogP) is 2.63. The highest BCUT2D eigenvalue weighted by Gasteiger charge is 2.71. The van der Waals surface area contributed by atoms with Crippen molar-refractivity contribution in [2.45, 2.75) is 57.7 Å². The molecule has 0 spiro atoms. The third-order valence-electron chi connectivity index (χ3n) is 8.17. The quantitative estimate of drug-likeness (QED) is 0.723. The normalized spacial score (nSPS) is 48.3. The Morgan fingerprint density at radius 3 is 2.56 bits per heavy atom. The van der Waals surface area contributed by atoms with Crippen LogP contribution in [0.15, 0.2) is 23.8 Å². The average Bonchev–Trinajstić information content (AvgIpc) is 2.93. The monoisotopic (exact) mass is 376 g/mol. The number of Topliss-reactive ketones (excluding diaryl/α,β-unsaturated/α-hetero) is 1. The fraction of sp³-hybridized carbons (Fsp3) is 0.667. The molecule has 0 saturated heterocycles. The van der Waals surface area contributed by atoms with Crippen molar-refractivity contribution in [3.8, 4) is 0 Å². The Bertz CT molecular complexity index is 800. The summed E-state index contributed by atoms with van der Waals surface area (Å²) in [5, 5.41) is 20.2. The molecule has 5 nitrogen and oxygen atoms in total. The molecule has 4 rings (SSSR count). The van der Waals surface area contributed by atoms with Crippen molar-refractivity contribution in [2.24, 2.45) is 28.6 Å². The average molecular weight is 376 g/mol. The number of allylic oxidation sites excluding steroid dienone is 4. The summed E-state index contributed by atoms with van der Waals surface area (Å²) in [4.78, 5) is 35.3. The number of rotatable bonds is 2. The fourth-order valence-corrected chi connectivity index (χ4v) is 6.79. The van der Waals surface area contributed by atoms with Crippen LogP contribution in [-0.4, -0.2) is 39.5 Å². The van der Waals surface area contributed by atoms with Gasteiger partial charge in [0.25, 0.3) is 0 Å². The molecule has 0 aromatic heterocycles. The van der Waals surface area contributed by atoms with Crippen molar-refractivity contribution in [1.29, 1.82) is 0 Å². The van der Waals surface area contributed by atoms with Gasteiger partial charge in [0.05, 0.1) is 6.10 Å². The summed E-state index contributed by atoms with van der Waals surface area (Å²) < 4.78 is 16.7. The number of aliphatic hydroxyl groups excluding tert-OH is 1. The van der Waals surface area contributed by atoms with Gasteiger partial charge in [-0.3, -0.25) is 9.59 Å². The van der Waals surface area contributed by atoms with Crippen molar-refractivity contribution in [1.82, 2.24) is 0 Å². The minimum absolute atomic E-state index is 0.0546. The zero-order valence-corrected chi connectivity index (χ0v) is 15.6. The minimum atomic E-state index is -1.93. The molecule has 0 heterocycles. The van der Waals surface area contributed by atoms with E-state index in [9.17, 15) is 24.6 Å². The molecule has 0 bridgehead atoms. The second-order valence-electron chi connectivity index (χ2n) is 9.15. The largest absolute Gasteiger partial charge is 0.475 e. The van der Waals surface area contributed by atoms with E-state index in [1.807, 2.05) is 6.92 Å². The highest BCUT2D eigenvalue weighted by atomic mass is 19.1. The maximum Gasteiger partial charge on any atom is 0.372 e. The zero-order valence-electron chi connectivity index (χ0n) is 15.6. The first-order valence-corrected chi connectivity index (χ1v) is 9.64. The first-order valence-electron chi connectivity index (χ1n) is 9.64. The van der Waals surface area contributed by atoms with E-state index in [0.29, 0.717) is 31.3 Å². The molecule has 27 heavy (non-hydrogen) atoms. The molecular formula is C21H25FO5. The molecule has 0 aliphatic heterocycles. The summed E-state index contributed by atoms with van der Waals surface area (Å²) in [5.74, 6) is -3.77. The van der Waals surface area contributed by atoms with Crippen molar-refractivity contribution in [3.63, 3.8) is 0 Å². The van der Waals surface area contributed by atoms with Crippen LogP contribution in [0.5, 0.6) is 0 Å². The van der Waals surface area contributed by atoms with Gasteiger partial charge in [0.15, 0.2) is 11.5 Å². The zero-order chi connectivity index (χ0) is 19.8. The Hall–Kier alpha value is -1.82. The maximum absolute atomic E-state index is 16.7. The first-order chi connectivity index (χ1) is 12.6. The van der Waals surface area contributed by atoms with Gasteiger partial charge in [0.2, 0.25) is 5.78 Å². The van der Waals surface area contributed by atoms with Crippen molar-refractivity contribution in [3.05, 3.63) is 23.8 Å². The van der Waals surface area contributed by atoms with E-state index in [0.717, 1.165) is 0 Å². The lowest BCUT2D eigenvalue weighted by atomic mass is 9.45. The Balaban J connectivity index is 1.77. The lowest BCUT2D eigenvalue weighted by Gasteiger charge is -2.61. The summed E-state index contributed by atoms with van der Waals surface area (Å²) in [6, 6.07) is 0. The van der Waals surface area contributed by atoms with E-state index < -0.39 is 46.2 Å². The van der Waals surface area contributed by atoms with Crippen LogP contribution in [0.3, 0.4) is 0 Å². The third-order valence-corrected chi connectivity index (χ3v) is 8.17. The van der Waals surface area contributed by atoms with Crippen LogP contribution in [0.4, 0.5) is 4.39 Å². The van der Waals surface area contributed by atoms with Gasteiger partial charge in [0.1, 0.15) is 0 Å². The van der Waals surface area contributed by atoms with Crippen molar-refractivity contribution < 1.29 is 29.0 Å².